The first-order valence-corrected chi connectivity index (χ1v) is 6.42. The second-order valence-corrected chi connectivity index (χ2v) is 4.63. The maximum Gasteiger partial charge on any atom is 0.122 e. The van der Waals surface area contributed by atoms with Crippen molar-refractivity contribution in [2.24, 2.45) is 0 Å². The minimum Gasteiger partial charge on any atom is -0.491 e. The topological polar surface area (TPSA) is 38.5 Å². The number of benzene rings is 2. The number of anilines is 2. The van der Waals surface area contributed by atoms with Crippen LogP contribution in [0.5, 0.6) is 5.75 Å². The molecule has 0 aliphatic heterocycles. The standard InChI is InChI=1S/C16H20N2O/c1-13-5-3-4-6-16(13)19-12-11-18(2)15-9-7-14(17)8-10-15/h3-10H,11-12,17H2,1-2H3. The van der Waals surface area contributed by atoms with Crippen molar-refractivity contribution >= 4 is 11.4 Å². The molecule has 2 N–H and O–H groups in total. The minimum absolute atomic E-state index is 0.658. The molecular formula is C16H20N2O. The van der Waals surface area contributed by atoms with Gasteiger partial charge in [0, 0.05) is 18.4 Å². The number of hydrogen-bond donors (Lipinski definition) is 1. The van der Waals surface area contributed by atoms with Gasteiger partial charge in [-0.05, 0) is 42.8 Å². The van der Waals surface area contributed by atoms with Crippen molar-refractivity contribution in [3.63, 3.8) is 0 Å². The van der Waals surface area contributed by atoms with Crippen molar-refractivity contribution in [2.75, 3.05) is 30.8 Å². The van der Waals surface area contributed by atoms with E-state index >= 15 is 0 Å². The van der Waals surface area contributed by atoms with Crippen LogP contribution in [0.15, 0.2) is 48.5 Å². The summed E-state index contributed by atoms with van der Waals surface area (Å²) >= 11 is 0. The molecule has 0 heterocycles. The zero-order chi connectivity index (χ0) is 13.7. The third-order valence-corrected chi connectivity index (χ3v) is 3.11. The third-order valence-electron chi connectivity index (χ3n) is 3.11. The molecule has 0 saturated heterocycles. The Hall–Kier alpha value is -2.16. The van der Waals surface area contributed by atoms with Gasteiger partial charge in [-0.2, -0.15) is 0 Å². The number of nitrogen functional groups attached to an aromatic ring is 1. The Kier molecular flexibility index (Phi) is 4.29. The van der Waals surface area contributed by atoms with Gasteiger partial charge in [0.15, 0.2) is 0 Å². The molecule has 0 bridgehead atoms. The fourth-order valence-electron chi connectivity index (χ4n) is 1.87. The van der Waals surface area contributed by atoms with Gasteiger partial charge in [0.25, 0.3) is 0 Å². The van der Waals surface area contributed by atoms with Gasteiger partial charge >= 0.3 is 0 Å². The van der Waals surface area contributed by atoms with Crippen LogP contribution in [0.1, 0.15) is 5.56 Å². The van der Waals surface area contributed by atoms with Gasteiger partial charge in [-0.3, -0.25) is 0 Å². The number of aryl methyl sites for hydroxylation is 1. The molecule has 0 radical (unpaired) electrons. The summed E-state index contributed by atoms with van der Waals surface area (Å²) in [5.41, 5.74) is 8.77. The lowest BCUT2D eigenvalue weighted by Gasteiger charge is -2.20. The molecule has 2 aromatic carbocycles. The highest BCUT2D eigenvalue weighted by molar-refractivity contribution is 5.52. The van der Waals surface area contributed by atoms with E-state index in [1.54, 1.807) is 0 Å². The maximum absolute atomic E-state index is 5.79. The van der Waals surface area contributed by atoms with Gasteiger partial charge in [0.1, 0.15) is 12.4 Å². The highest BCUT2D eigenvalue weighted by atomic mass is 16.5. The summed E-state index contributed by atoms with van der Waals surface area (Å²) in [4.78, 5) is 2.15. The van der Waals surface area contributed by atoms with Crippen LogP contribution in [-0.4, -0.2) is 20.2 Å². The predicted molar refractivity (Wildman–Crippen MR) is 80.8 cm³/mol. The van der Waals surface area contributed by atoms with E-state index in [4.69, 9.17) is 10.5 Å². The Balaban J connectivity index is 1.86. The quantitative estimate of drug-likeness (QED) is 0.835. The van der Waals surface area contributed by atoms with Gasteiger partial charge in [-0.15, -0.1) is 0 Å². The van der Waals surface area contributed by atoms with Gasteiger partial charge < -0.3 is 15.4 Å². The van der Waals surface area contributed by atoms with E-state index < -0.39 is 0 Å². The molecule has 3 nitrogen and oxygen atoms in total. The van der Waals surface area contributed by atoms with E-state index in [0.29, 0.717) is 6.61 Å². The van der Waals surface area contributed by atoms with Crippen LogP contribution in [-0.2, 0) is 0 Å². The second-order valence-electron chi connectivity index (χ2n) is 4.63. The highest BCUT2D eigenvalue weighted by Gasteiger charge is 2.02. The molecule has 0 amide bonds. The first-order valence-electron chi connectivity index (χ1n) is 6.42. The lowest BCUT2D eigenvalue weighted by atomic mass is 10.2. The van der Waals surface area contributed by atoms with Crippen molar-refractivity contribution in [1.82, 2.24) is 0 Å². The number of nitrogens with two attached hydrogens (primary N) is 1. The van der Waals surface area contributed by atoms with Crippen molar-refractivity contribution < 1.29 is 4.74 Å². The largest absolute Gasteiger partial charge is 0.491 e. The molecule has 0 atom stereocenters. The molecule has 0 saturated carbocycles. The van der Waals surface area contributed by atoms with Crippen LogP contribution in [0.25, 0.3) is 0 Å². The van der Waals surface area contributed by atoms with E-state index in [2.05, 4.69) is 17.9 Å². The Labute approximate surface area is 114 Å². The first kappa shape index (κ1) is 13.3. The average Bonchev–Trinajstić information content (AvgIpc) is 2.41. The smallest absolute Gasteiger partial charge is 0.122 e. The van der Waals surface area contributed by atoms with Crippen LogP contribution in [0.3, 0.4) is 0 Å². The van der Waals surface area contributed by atoms with Crippen LogP contribution < -0.4 is 15.4 Å². The predicted octanol–water partition coefficient (Wildman–Crippen LogP) is 3.09. The molecule has 0 spiro atoms. The number of nitrogens with zero attached hydrogens (tertiary/aromatic N) is 1. The zero-order valence-corrected chi connectivity index (χ0v) is 11.5. The number of hydrogen-bond acceptors (Lipinski definition) is 3. The fraction of sp³-hybridized carbons (Fsp3) is 0.250. The summed E-state index contributed by atoms with van der Waals surface area (Å²) in [6.45, 7) is 3.54. The van der Waals surface area contributed by atoms with Gasteiger partial charge in [0.05, 0.1) is 6.54 Å². The summed E-state index contributed by atoms with van der Waals surface area (Å²) in [6, 6.07) is 15.9. The monoisotopic (exact) mass is 256 g/mol. The van der Waals surface area contributed by atoms with Crippen LogP contribution in [0, 0.1) is 6.92 Å². The average molecular weight is 256 g/mol. The summed E-state index contributed by atoms with van der Waals surface area (Å²) < 4.78 is 5.79. The van der Waals surface area contributed by atoms with Gasteiger partial charge in [-0.1, -0.05) is 18.2 Å². The van der Waals surface area contributed by atoms with E-state index in [1.165, 1.54) is 0 Å². The number of likely N-dealkylation sites (N-methyl/N-ethyl adjacent to an activating group) is 1. The van der Waals surface area contributed by atoms with Crippen molar-refractivity contribution in [3.8, 4) is 5.75 Å². The molecule has 100 valence electrons. The Morgan fingerprint density at radius 3 is 2.42 bits per heavy atom. The molecule has 0 aromatic heterocycles. The van der Waals surface area contributed by atoms with E-state index in [0.717, 1.165) is 29.2 Å². The Morgan fingerprint density at radius 1 is 1.05 bits per heavy atom. The van der Waals surface area contributed by atoms with Crippen molar-refractivity contribution in [1.29, 1.82) is 0 Å². The summed E-state index contributed by atoms with van der Waals surface area (Å²) in [5.74, 6) is 0.952. The first-order chi connectivity index (χ1) is 9.16. The van der Waals surface area contributed by atoms with E-state index in [1.807, 2.05) is 49.5 Å². The molecule has 19 heavy (non-hydrogen) atoms. The number of ether oxygens (including phenoxy) is 1. The van der Waals surface area contributed by atoms with Crippen LogP contribution >= 0.6 is 0 Å². The van der Waals surface area contributed by atoms with Gasteiger partial charge in [0.2, 0.25) is 0 Å². The normalized spacial score (nSPS) is 10.2. The van der Waals surface area contributed by atoms with Crippen molar-refractivity contribution in [2.45, 2.75) is 6.92 Å². The van der Waals surface area contributed by atoms with Crippen LogP contribution in [0.2, 0.25) is 0 Å². The SMILES string of the molecule is Cc1ccccc1OCCN(C)c1ccc(N)cc1. The Bertz CT molecular complexity index is 523. The number of para-hydroxylation sites is 1. The van der Waals surface area contributed by atoms with Gasteiger partial charge in [-0.25, -0.2) is 0 Å². The second kappa shape index (κ2) is 6.14. The van der Waals surface area contributed by atoms with Crippen molar-refractivity contribution in [3.05, 3.63) is 54.1 Å². The molecule has 0 unspecified atom stereocenters. The summed E-state index contributed by atoms with van der Waals surface area (Å²) in [7, 11) is 2.05. The molecule has 0 aliphatic rings. The van der Waals surface area contributed by atoms with E-state index in [9.17, 15) is 0 Å². The minimum atomic E-state index is 0.658. The lowest BCUT2D eigenvalue weighted by molar-refractivity contribution is 0.324. The molecule has 2 aromatic rings. The third kappa shape index (κ3) is 3.65. The number of rotatable bonds is 5. The Morgan fingerprint density at radius 2 is 1.74 bits per heavy atom. The maximum atomic E-state index is 5.79. The zero-order valence-electron chi connectivity index (χ0n) is 11.5. The molecule has 0 fully saturated rings. The molecule has 0 aliphatic carbocycles. The van der Waals surface area contributed by atoms with E-state index in [-0.39, 0.29) is 0 Å². The molecular weight excluding hydrogens is 236 g/mol. The summed E-state index contributed by atoms with van der Waals surface area (Å²) in [6.07, 6.45) is 0. The van der Waals surface area contributed by atoms with Crippen LogP contribution in [0.4, 0.5) is 11.4 Å². The lowest BCUT2D eigenvalue weighted by Crippen LogP contribution is -2.23. The molecule has 2 rings (SSSR count). The fourth-order valence-corrected chi connectivity index (χ4v) is 1.87. The summed E-state index contributed by atoms with van der Waals surface area (Å²) in [5, 5.41) is 0. The molecule has 3 heteroatoms. The highest BCUT2D eigenvalue weighted by Crippen LogP contribution is 2.17.